The first-order valence-corrected chi connectivity index (χ1v) is 7.57. The Labute approximate surface area is 130 Å². The molecule has 0 amide bonds. The van der Waals surface area contributed by atoms with E-state index in [9.17, 15) is 0 Å². The molecule has 22 heavy (non-hydrogen) atoms. The molecule has 3 rings (SSSR count). The fraction of sp³-hybridized carbons (Fsp3) is 0.278. The first kappa shape index (κ1) is 14.8. The molecule has 4 heteroatoms. The van der Waals surface area contributed by atoms with E-state index in [1.807, 2.05) is 24.3 Å². The van der Waals surface area contributed by atoms with Gasteiger partial charge in [-0.25, -0.2) is 4.98 Å². The van der Waals surface area contributed by atoms with Crippen LogP contribution in [0.25, 0.3) is 6.08 Å². The third-order valence-corrected chi connectivity index (χ3v) is 3.68. The highest BCUT2D eigenvalue weighted by Crippen LogP contribution is 2.23. The van der Waals surface area contributed by atoms with Crippen LogP contribution >= 0.6 is 0 Å². The van der Waals surface area contributed by atoms with Gasteiger partial charge in [-0.15, -0.1) is 0 Å². The van der Waals surface area contributed by atoms with Gasteiger partial charge in [0.05, 0.1) is 6.61 Å². The van der Waals surface area contributed by atoms with E-state index in [1.165, 1.54) is 5.57 Å². The number of aromatic nitrogens is 1. The van der Waals surface area contributed by atoms with Gasteiger partial charge in [-0.3, -0.25) is 0 Å². The molecule has 114 valence electrons. The number of piperidine rings is 1. The number of rotatable bonds is 4. The lowest BCUT2D eigenvalue weighted by Crippen LogP contribution is -2.22. The molecule has 1 aromatic carbocycles. The number of aliphatic hydroxyl groups is 1. The van der Waals surface area contributed by atoms with E-state index in [0.29, 0.717) is 5.88 Å². The minimum atomic E-state index is -0.00874. The van der Waals surface area contributed by atoms with Crippen molar-refractivity contribution in [2.24, 2.45) is 0 Å². The van der Waals surface area contributed by atoms with Crippen molar-refractivity contribution in [2.75, 3.05) is 13.1 Å². The van der Waals surface area contributed by atoms with Gasteiger partial charge in [0.15, 0.2) is 0 Å². The maximum absolute atomic E-state index is 9.02. The lowest BCUT2D eigenvalue weighted by atomic mass is 10.0. The Morgan fingerprint density at radius 2 is 2.05 bits per heavy atom. The largest absolute Gasteiger partial charge is 0.439 e. The maximum atomic E-state index is 9.02. The van der Waals surface area contributed by atoms with Crippen molar-refractivity contribution in [1.82, 2.24) is 10.3 Å². The molecule has 4 nitrogen and oxygen atoms in total. The van der Waals surface area contributed by atoms with E-state index in [0.717, 1.165) is 42.8 Å². The molecule has 1 fully saturated rings. The van der Waals surface area contributed by atoms with E-state index < -0.39 is 0 Å². The predicted molar refractivity (Wildman–Crippen MR) is 86.8 cm³/mol. The third-order valence-electron chi connectivity index (χ3n) is 3.68. The Hall–Kier alpha value is -2.17. The Morgan fingerprint density at radius 1 is 1.18 bits per heavy atom. The van der Waals surface area contributed by atoms with Gasteiger partial charge in [-0.05, 0) is 55.3 Å². The fourth-order valence-corrected chi connectivity index (χ4v) is 2.48. The summed E-state index contributed by atoms with van der Waals surface area (Å²) in [6.07, 6.45) is 6.08. The Morgan fingerprint density at radius 3 is 2.77 bits per heavy atom. The molecule has 0 spiro atoms. The number of hydrogen-bond donors (Lipinski definition) is 2. The highest BCUT2D eigenvalue weighted by molar-refractivity contribution is 5.55. The first-order valence-electron chi connectivity index (χ1n) is 7.57. The van der Waals surface area contributed by atoms with E-state index in [4.69, 9.17) is 9.84 Å². The van der Waals surface area contributed by atoms with Gasteiger partial charge in [0.2, 0.25) is 5.88 Å². The van der Waals surface area contributed by atoms with E-state index in [-0.39, 0.29) is 6.61 Å². The normalized spacial score (nSPS) is 14.7. The molecule has 0 unspecified atom stereocenters. The summed E-state index contributed by atoms with van der Waals surface area (Å²) >= 11 is 0. The summed E-state index contributed by atoms with van der Waals surface area (Å²) in [5.74, 6) is 1.30. The minimum absolute atomic E-state index is 0.00874. The zero-order chi connectivity index (χ0) is 15.2. The smallest absolute Gasteiger partial charge is 0.219 e. The van der Waals surface area contributed by atoms with Gasteiger partial charge in [-0.1, -0.05) is 23.8 Å². The zero-order valence-electron chi connectivity index (χ0n) is 12.5. The lowest BCUT2D eigenvalue weighted by molar-refractivity contribution is 0.281. The van der Waals surface area contributed by atoms with Crippen LogP contribution in [-0.2, 0) is 6.61 Å². The summed E-state index contributed by atoms with van der Waals surface area (Å²) in [6, 6.07) is 11.6. The summed E-state index contributed by atoms with van der Waals surface area (Å²) < 4.78 is 5.77. The van der Waals surface area contributed by atoms with Crippen LogP contribution in [0.15, 0.2) is 48.2 Å². The van der Waals surface area contributed by atoms with Gasteiger partial charge in [-0.2, -0.15) is 0 Å². The highest BCUT2D eigenvalue weighted by atomic mass is 16.5. The second-order valence-corrected chi connectivity index (χ2v) is 5.39. The van der Waals surface area contributed by atoms with Crippen molar-refractivity contribution in [3.63, 3.8) is 0 Å². The number of hydrogen-bond acceptors (Lipinski definition) is 4. The SMILES string of the molecule is OCc1ccc(Oc2cccc(C=C3CCNCC3)c2)nc1. The summed E-state index contributed by atoms with van der Waals surface area (Å²) in [7, 11) is 0. The summed E-state index contributed by atoms with van der Waals surface area (Å²) in [5.41, 5.74) is 3.40. The average molecular weight is 296 g/mol. The average Bonchev–Trinajstić information content (AvgIpc) is 2.57. The molecule has 2 heterocycles. The first-order chi connectivity index (χ1) is 10.8. The molecular formula is C18H20N2O2. The zero-order valence-corrected chi connectivity index (χ0v) is 12.5. The molecule has 0 atom stereocenters. The van der Waals surface area contributed by atoms with Crippen LogP contribution in [0.5, 0.6) is 11.6 Å². The third kappa shape index (κ3) is 3.93. The Bertz CT molecular complexity index is 642. The second kappa shape index (κ2) is 7.20. The van der Waals surface area contributed by atoms with E-state index in [2.05, 4.69) is 22.4 Å². The van der Waals surface area contributed by atoms with Gasteiger partial charge >= 0.3 is 0 Å². The van der Waals surface area contributed by atoms with Gasteiger partial charge < -0.3 is 15.2 Å². The van der Waals surface area contributed by atoms with Crippen molar-refractivity contribution >= 4 is 6.08 Å². The topological polar surface area (TPSA) is 54.4 Å². The van der Waals surface area contributed by atoms with Crippen molar-refractivity contribution in [3.05, 3.63) is 59.3 Å². The molecule has 1 aliphatic rings. The number of aliphatic hydroxyl groups excluding tert-OH is 1. The van der Waals surface area contributed by atoms with Gasteiger partial charge in [0.1, 0.15) is 5.75 Å². The Kier molecular flexibility index (Phi) is 4.83. The monoisotopic (exact) mass is 296 g/mol. The van der Waals surface area contributed by atoms with E-state index >= 15 is 0 Å². The van der Waals surface area contributed by atoms with E-state index in [1.54, 1.807) is 12.3 Å². The lowest BCUT2D eigenvalue weighted by Gasteiger charge is -2.15. The quantitative estimate of drug-likeness (QED) is 0.910. The molecule has 2 N–H and O–H groups in total. The molecule has 0 saturated carbocycles. The molecule has 1 aliphatic heterocycles. The van der Waals surface area contributed by atoms with Crippen molar-refractivity contribution in [1.29, 1.82) is 0 Å². The maximum Gasteiger partial charge on any atom is 0.219 e. The standard InChI is InChI=1S/C18H20N2O2/c21-13-16-4-5-18(20-12-16)22-17-3-1-2-15(11-17)10-14-6-8-19-9-7-14/h1-5,10-12,19,21H,6-9,13H2. The molecule has 2 aromatic rings. The molecule has 0 aliphatic carbocycles. The number of ether oxygens (including phenoxy) is 1. The number of benzene rings is 1. The fourth-order valence-electron chi connectivity index (χ4n) is 2.48. The summed E-state index contributed by atoms with van der Waals surface area (Å²) in [5, 5.41) is 12.4. The van der Waals surface area contributed by atoms with Crippen LogP contribution in [0.1, 0.15) is 24.0 Å². The van der Waals surface area contributed by atoms with Gasteiger partial charge in [0.25, 0.3) is 0 Å². The summed E-state index contributed by atoms with van der Waals surface area (Å²) in [4.78, 5) is 4.18. The van der Waals surface area contributed by atoms with Crippen LogP contribution in [0.3, 0.4) is 0 Å². The molecule has 0 bridgehead atoms. The summed E-state index contributed by atoms with van der Waals surface area (Å²) in [6.45, 7) is 2.11. The Balaban J connectivity index is 1.72. The molecule has 0 radical (unpaired) electrons. The van der Waals surface area contributed by atoms with Crippen LogP contribution in [0.2, 0.25) is 0 Å². The number of nitrogens with one attached hydrogen (secondary N) is 1. The predicted octanol–water partition coefficient (Wildman–Crippen LogP) is 3.13. The second-order valence-electron chi connectivity index (χ2n) is 5.39. The molecule has 1 aromatic heterocycles. The van der Waals surface area contributed by atoms with Crippen LogP contribution in [0.4, 0.5) is 0 Å². The van der Waals surface area contributed by atoms with Crippen molar-refractivity contribution < 1.29 is 9.84 Å². The number of nitrogens with zero attached hydrogens (tertiary/aromatic N) is 1. The highest BCUT2D eigenvalue weighted by Gasteiger charge is 2.05. The van der Waals surface area contributed by atoms with Crippen LogP contribution in [0, 0.1) is 0 Å². The van der Waals surface area contributed by atoms with Gasteiger partial charge in [0, 0.05) is 12.3 Å². The van der Waals surface area contributed by atoms with Crippen molar-refractivity contribution in [3.8, 4) is 11.6 Å². The minimum Gasteiger partial charge on any atom is -0.439 e. The van der Waals surface area contributed by atoms with Crippen molar-refractivity contribution in [2.45, 2.75) is 19.4 Å². The van der Waals surface area contributed by atoms with Crippen LogP contribution in [-0.4, -0.2) is 23.2 Å². The van der Waals surface area contributed by atoms with Crippen LogP contribution < -0.4 is 10.1 Å². The molecular weight excluding hydrogens is 276 g/mol. The number of pyridine rings is 1. The molecule has 1 saturated heterocycles.